The number of hydrogen-bond donors (Lipinski definition) is 1. The zero-order chi connectivity index (χ0) is 21.3. The lowest BCUT2D eigenvalue weighted by molar-refractivity contribution is -0.115. The van der Waals surface area contributed by atoms with E-state index < -0.39 is 11.7 Å². The highest BCUT2D eigenvalue weighted by atomic mass is 35.5. The molecule has 2 aromatic heterocycles. The van der Waals surface area contributed by atoms with Crippen LogP contribution in [0.25, 0.3) is 5.78 Å². The van der Waals surface area contributed by atoms with Crippen LogP contribution in [0.3, 0.4) is 0 Å². The van der Waals surface area contributed by atoms with Crippen LogP contribution in [0.1, 0.15) is 28.3 Å². The predicted octanol–water partition coefficient (Wildman–Crippen LogP) is 4.31. The van der Waals surface area contributed by atoms with Crippen molar-refractivity contribution in [3.8, 4) is 0 Å². The summed E-state index contributed by atoms with van der Waals surface area (Å²) in [4.78, 5) is 21.2. The summed E-state index contributed by atoms with van der Waals surface area (Å²) in [5.41, 5.74) is 4.03. The number of nitrogens with zero attached hydrogens (tertiary/aromatic N) is 4. The molecule has 4 rings (SSSR count). The van der Waals surface area contributed by atoms with Crippen LogP contribution in [-0.2, 0) is 17.6 Å². The van der Waals surface area contributed by atoms with E-state index in [0.29, 0.717) is 23.0 Å². The Morgan fingerprint density at radius 2 is 1.83 bits per heavy atom. The fraction of sp³-hybridized carbons (Fsp3) is 0.182. The van der Waals surface area contributed by atoms with Crippen molar-refractivity contribution < 1.29 is 9.18 Å². The second kappa shape index (κ2) is 8.20. The smallest absolute Gasteiger partial charge is 0.252 e. The van der Waals surface area contributed by atoms with Crippen LogP contribution in [0.5, 0.6) is 0 Å². The first-order valence-electron chi connectivity index (χ1n) is 9.41. The standard InChI is InChI=1S/C22H19ClFN5O/c1-13-17(11-15-7-9-16(23)10-8-15)14(2)29-22(25-13)27-20(28-29)12-21(30)26-19-6-4-3-5-18(19)24/h3-10H,11-12H2,1-2H3,(H,26,30). The van der Waals surface area contributed by atoms with Crippen LogP contribution < -0.4 is 5.32 Å². The molecule has 0 unspecified atom stereocenters. The predicted molar refractivity (Wildman–Crippen MR) is 113 cm³/mol. The minimum absolute atomic E-state index is 0.0807. The van der Waals surface area contributed by atoms with E-state index in [2.05, 4.69) is 20.4 Å². The summed E-state index contributed by atoms with van der Waals surface area (Å²) < 4.78 is 15.4. The second-order valence-corrected chi connectivity index (χ2v) is 7.45. The van der Waals surface area contributed by atoms with Gasteiger partial charge in [0.05, 0.1) is 12.1 Å². The van der Waals surface area contributed by atoms with Gasteiger partial charge in [-0.25, -0.2) is 13.9 Å². The Balaban J connectivity index is 1.58. The molecule has 2 aromatic carbocycles. The number of carbonyl (C=O) groups excluding carboxylic acids is 1. The van der Waals surface area contributed by atoms with E-state index in [4.69, 9.17) is 11.6 Å². The number of fused-ring (bicyclic) bond motifs is 1. The Hall–Kier alpha value is -3.32. The molecule has 1 amide bonds. The van der Waals surface area contributed by atoms with Gasteiger partial charge in [0.25, 0.3) is 5.78 Å². The van der Waals surface area contributed by atoms with Crippen LogP contribution in [0.2, 0.25) is 5.02 Å². The molecule has 152 valence electrons. The molecular weight excluding hydrogens is 405 g/mol. The lowest BCUT2D eigenvalue weighted by Gasteiger charge is -2.10. The third-order valence-electron chi connectivity index (χ3n) is 4.85. The van der Waals surface area contributed by atoms with Crippen LogP contribution in [-0.4, -0.2) is 25.5 Å². The van der Waals surface area contributed by atoms with Crippen molar-refractivity contribution in [3.05, 3.63) is 87.7 Å². The van der Waals surface area contributed by atoms with E-state index in [9.17, 15) is 9.18 Å². The van der Waals surface area contributed by atoms with Crippen molar-refractivity contribution in [2.75, 3.05) is 5.32 Å². The fourth-order valence-corrected chi connectivity index (χ4v) is 3.41. The molecule has 0 fully saturated rings. The number of para-hydroxylation sites is 1. The number of nitrogens with one attached hydrogen (secondary N) is 1. The topological polar surface area (TPSA) is 72.2 Å². The van der Waals surface area contributed by atoms with Crippen LogP contribution in [0.15, 0.2) is 48.5 Å². The first-order chi connectivity index (χ1) is 14.4. The minimum atomic E-state index is -0.492. The average Bonchev–Trinajstić information content (AvgIpc) is 3.10. The Morgan fingerprint density at radius 3 is 2.57 bits per heavy atom. The van der Waals surface area contributed by atoms with Crippen molar-refractivity contribution in [2.24, 2.45) is 0 Å². The van der Waals surface area contributed by atoms with Crippen LogP contribution in [0.4, 0.5) is 10.1 Å². The summed E-state index contributed by atoms with van der Waals surface area (Å²) in [6.07, 6.45) is 0.601. The van der Waals surface area contributed by atoms with Crippen molar-refractivity contribution in [1.82, 2.24) is 19.6 Å². The summed E-state index contributed by atoms with van der Waals surface area (Å²) in [5, 5.41) is 7.67. The third kappa shape index (κ3) is 4.16. The van der Waals surface area contributed by atoms with Gasteiger partial charge in [-0.3, -0.25) is 4.79 Å². The van der Waals surface area contributed by atoms with Gasteiger partial charge in [0, 0.05) is 22.8 Å². The van der Waals surface area contributed by atoms with Crippen molar-refractivity contribution >= 4 is 29.0 Å². The number of halogens is 2. The zero-order valence-corrected chi connectivity index (χ0v) is 17.2. The SMILES string of the molecule is Cc1nc2nc(CC(=O)Nc3ccccc3F)nn2c(C)c1Cc1ccc(Cl)cc1. The molecule has 2 heterocycles. The van der Waals surface area contributed by atoms with E-state index >= 15 is 0 Å². The van der Waals surface area contributed by atoms with E-state index in [0.717, 1.165) is 22.5 Å². The summed E-state index contributed by atoms with van der Waals surface area (Å²) in [7, 11) is 0. The van der Waals surface area contributed by atoms with Gasteiger partial charge >= 0.3 is 0 Å². The zero-order valence-electron chi connectivity index (χ0n) is 16.5. The van der Waals surface area contributed by atoms with Crippen LogP contribution >= 0.6 is 11.6 Å². The molecule has 4 aromatic rings. The number of rotatable bonds is 5. The molecular formula is C22H19ClFN5O. The van der Waals surface area contributed by atoms with Crippen molar-refractivity contribution in [1.29, 1.82) is 0 Å². The van der Waals surface area contributed by atoms with Gasteiger partial charge in [-0.1, -0.05) is 35.9 Å². The van der Waals surface area contributed by atoms with E-state index in [-0.39, 0.29) is 12.1 Å². The number of aryl methyl sites for hydroxylation is 2. The summed E-state index contributed by atoms with van der Waals surface area (Å²) in [5.74, 6) is -0.137. The normalized spacial score (nSPS) is 11.1. The van der Waals surface area contributed by atoms with Gasteiger partial charge < -0.3 is 5.32 Å². The first-order valence-corrected chi connectivity index (χ1v) is 9.79. The highest BCUT2D eigenvalue weighted by Crippen LogP contribution is 2.20. The van der Waals surface area contributed by atoms with Gasteiger partial charge in [-0.05, 0) is 49.2 Å². The van der Waals surface area contributed by atoms with E-state index in [1.165, 1.54) is 12.1 Å². The van der Waals surface area contributed by atoms with Gasteiger partial charge in [0.2, 0.25) is 5.91 Å². The molecule has 0 atom stereocenters. The quantitative estimate of drug-likeness (QED) is 0.519. The third-order valence-corrected chi connectivity index (χ3v) is 5.11. The molecule has 0 aliphatic rings. The number of carbonyl (C=O) groups is 1. The van der Waals surface area contributed by atoms with Gasteiger partial charge in [-0.2, -0.15) is 4.98 Å². The molecule has 0 radical (unpaired) electrons. The van der Waals surface area contributed by atoms with Crippen LogP contribution in [0, 0.1) is 19.7 Å². The first kappa shape index (κ1) is 20.0. The minimum Gasteiger partial charge on any atom is -0.323 e. The van der Waals surface area contributed by atoms with Gasteiger partial charge in [0.15, 0.2) is 5.82 Å². The molecule has 0 bridgehead atoms. The molecule has 0 saturated heterocycles. The van der Waals surface area contributed by atoms with Crippen molar-refractivity contribution in [3.63, 3.8) is 0 Å². The number of amides is 1. The average molecular weight is 424 g/mol. The number of benzene rings is 2. The lowest BCUT2D eigenvalue weighted by Crippen LogP contribution is -2.16. The van der Waals surface area contributed by atoms with E-state index in [1.807, 2.05) is 38.1 Å². The molecule has 0 saturated carbocycles. The molecule has 8 heteroatoms. The Bertz CT molecular complexity index is 1240. The molecule has 30 heavy (non-hydrogen) atoms. The van der Waals surface area contributed by atoms with Gasteiger partial charge in [-0.15, -0.1) is 5.10 Å². The Morgan fingerprint density at radius 1 is 1.10 bits per heavy atom. The van der Waals surface area contributed by atoms with Gasteiger partial charge in [0.1, 0.15) is 5.82 Å². The maximum atomic E-state index is 13.7. The maximum absolute atomic E-state index is 13.7. The molecule has 6 nitrogen and oxygen atoms in total. The number of anilines is 1. The summed E-state index contributed by atoms with van der Waals surface area (Å²) in [6, 6.07) is 13.7. The number of hydrogen-bond acceptors (Lipinski definition) is 4. The molecule has 0 spiro atoms. The number of aromatic nitrogens is 4. The highest BCUT2D eigenvalue weighted by molar-refractivity contribution is 6.30. The van der Waals surface area contributed by atoms with E-state index in [1.54, 1.807) is 16.6 Å². The highest BCUT2D eigenvalue weighted by Gasteiger charge is 2.16. The monoisotopic (exact) mass is 423 g/mol. The molecule has 1 N–H and O–H groups in total. The summed E-state index contributed by atoms with van der Waals surface area (Å²) >= 11 is 5.97. The Labute approximate surface area is 177 Å². The second-order valence-electron chi connectivity index (χ2n) is 7.01. The Kier molecular flexibility index (Phi) is 5.46. The summed E-state index contributed by atoms with van der Waals surface area (Å²) in [6.45, 7) is 3.88. The maximum Gasteiger partial charge on any atom is 0.252 e. The van der Waals surface area contributed by atoms with Crippen molar-refractivity contribution in [2.45, 2.75) is 26.7 Å². The molecule has 0 aliphatic heterocycles. The largest absolute Gasteiger partial charge is 0.323 e. The fourth-order valence-electron chi connectivity index (χ4n) is 3.29. The lowest BCUT2D eigenvalue weighted by atomic mass is 10.0. The molecule has 0 aliphatic carbocycles.